The van der Waals surface area contributed by atoms with Crippen LogP contribution < -0.4 is 5.32 Å². The number of rotatable bonds is 1. The zero-order valence-corrected chi connectivity index (χ0v) is 6.71. The summed E-state index contributed by atoms with van der Waals surface area (Å²) in [5.74, 6) is -0.0657. The average molecular weight is 169 g/mol. The predicted octanol–water partition coefficient (Wildman–Crippen LogP) is -0.0294. The maximum atomic E-state index is 10.8. The van der Waals surface area contributed by atoms with Crippen molar-refractivity contribution >= 4 is 11.9 Å². The van der Waals surface area contributed by atoms with E-state index in [0.29, 0.717) is 12.8 Å². The number of nitrogens with one attached hydrogen (secondary N) is 1. The highest BCUT2D eigenvalue weighted by molar-refractivity contribution is 5.79. The number of carbonyl (C=O) groups excluding carboxylic acids is 2. The maximum absolute atomic E-state index is 10.8. The Morgan fingerprint density at radius 2 is 2.08 bits per heavy atom. The van der Waals surface area contributed by atoms with E-state index in [0.717, 1.165) is 12.8 Å². The van der Waals surface area contributed by atoms with Gasteiger partial charge in [-0.3, -0.25) is 9.59 Å². The predicted molar refractivity (Wildman–Crippen MR) is 40.3 cm³/mol. The Morgan fingerprint density at radius 1 is 1.25 bits per heavy atom. The van der Waals surface area contributed by atoms with Gasteiger partial charge in [-0.25, -0.2) is 0 Å². The molecule has 0 aromatic carbocycles. The lowest BCUT2D eigenvalue weighted by Gasteiger charge is -2.16. The minimum Gasteiger partial charge on any atom is -0.460 e. The third kappa shape index (κ3) is 1.29. The van der Waals surface area contributed by atoms with Gasteiger partial charge in [0.1, 0.15) is 6.10 Å². The molecule has 4 heteroatoms. The Bertz CT molecular complexity index is 202. The molecule has 2 saturated heterocycles. The summed E-state index contributed by atoms with van der Waals surface area (Å²) in [6.07, 6.45) is 2.56. The van der Waals surface area contributed by atoms with E-state index in [4.69, 9.17) is 4.74 Å². The Balaban J connectivity index is 1.93. The molecule has 0 spiro atoms. The lowest BCUT2D eigenvalue weighted by molar-refractivity contribution is -0.142. The van der Waals surface area contributed by atoms with Crippen LogP contribution in [0.2, 0.25) is 0 Å². The minimum absolute atomic E-state index is 0.0658. The van der Waals surface area contributed by atoms with Gasteiger partial charge in [0.15, 0.2) is 0 Å². The average Bonchev–Trinajstić information content (AvgIpc) is 2.58. The molecule has 2 heterocycles. The second-order valence-electron chi connectivity index (χ2n) is 3.28. The molecule has 0 aromatic rings. The van der Waals surface area contributed by atoms with Gasteiger partial charge in [-0.2, -0.15) is 0 Å². The van der Waals surface area contributed by atoms with E-state index in [-0.39, 0.29) is 24.0 Å². The van der Waals surface area contributed by atoms with Crippen LogP contribution >= 0.6 is 0 Å². The molecule has 4 nitrogen and oxygen atoms in total. The van der Waals surface area contributed by atoms with Crippen molar-refractivity contribution in [3.63, 3.8) is 0 Å². The molecule has 0 aliphatic carbocycles. The minimum atomic E-state index is -0.138. The molecule has 2 aliphatic heterocycles. The molecule has 1 unspecified atom stereocenters. The normalized spacial score (nSPS) is 35.0. The Morgan fingerprint density at radius 3 is 2.58 bits per heavy atom. The quantitative estimate of drug-likeness (QED) is 0.561. The lowest BCUT2D eigenvalue weighted by atomic mass is 10.1. The first-order valence-corrected chi connectivity index (χ1v) is 4.24. The molecule has 1 N–H and O–H groups in total. The fourth-order valence-corrected chi connectivity index (χ4v) is 1.75. The van der Waals surface area contributed by atoms with Crippen molar-refractivity contribution in [2.75, 3.05) is 0 Å². The summed E-state index contributed by atoms with van der Waals surface area (Å²) >= 11 is 0. The van der Waals surface area contributed by atoms with Crippen molar-refractivity contribution in [2.24, 2.45) is 0 Å². The summed E-state index contributed by atoms with van der Waals surface area (Å²) in [7, 11) is 0. The van der Waals surface area contributed by atoms with Crippen LogP contribution in [0.1, 0.15) is 25.7 Å². The van der Waals surface area contributed by atoms with Gasteiger partial charge in [0.25, 0.3) is 0 Å². The number of esters is 1. The topological polar surface area (TPSA) is 55.4 Å². The smallest absolute Gasteiger partial charge is 0.306 e. The first-order valence-electron chi connectivity index (χ1n) is 4.24. The Labute approximate surface area is 70.3 Å². The number of hydrogen-bond donors (Lipinski definition) is 1. The second kappa shape index (κ2) is 2.77. The van der Waals surface area contributed by atoms with Crippen LogP contribution in [0.25, 0.3) is 0 Å². The van der Waals surface area contributed by atoms with E-state index in [2.05, 4.69) is 5.32 Å². The zero-order valence-electron chi connectivity index (χ0n) is 6.71. The van der Waals surface area contributed by atoms with E-state index in [1.807, 2.05) is 0 Å². The van der Waals surface area contributed by atoms with E-state index in [9.17, 15) is 9.59 Å². The van der Waals surface area contributed by atoms with E-state index in [1.165, 1.54) is 0 Å². The largest absolute Gasteiger partial charge is 0.460 e. The van der Waals surface area contributed by atoms with Gasteiger partial charge in [-0.15, -0.1) is 0 Å². The van der Waals surface area contributed by atoms with Crippen molar-refractivity contribution in [2.45, 2.75) is 37.8 Å². The molecule has 2 rings (SSSR count). The van der Waals surface area contributed by atoms with Crippen molar-refractivity contribution in [1.82, 2.24) is 5.32 Å². The molecule has 2 aliphatic rings. The molecule has 0 aromatic heterocycles. The first kappa shape index (κ1) is 7.58. The third-order valence-electron chi connectivity index (χ3n) is 2.39. The summed E-state index contributed by atoms with van der Waals surface area (Å²) in [5, 5.41) is 2.80. The number of cyclic esters (lactones) is 1. The molecule has 2 atom stereocenters. The van der Waals surface area contributed by atoms with E-state index in [1.54, 1.807) is 0 Å². The van der Waals surface area contributed by atoms with Crippen molar-refractivity contribution in [3.05, 3.63) is 0 Å². The Kier molecular flexibility index (Phi) is 1.75. The van der Waals surface area contributed by atoms with Gasteiger partial charge in [0.05, 0.1) is 6.04 Å². The molecule has 0 radical (unpaired) electrons. The van der Waals surface area contributed by atoms with Gasteiger partial charge in [0.2, 0.25) is 5.91 Å². The first-order chi connectivity index (χ1) is 5.75. The standard InChI is InChI=1S/C8H11NO3/c10-7-3-1-5(9-7)6-2-4-8(11)12-6/h5-6H,1-4H2,(H,9,10)/t5-,6?/m0/s1. The number of amides is 1. The van der Waals surface area contributed by atoms with Crippen molar-refractivity contribution in [1.29, 1.82) is 0 Å². The van der Waals surface area contributed by atoms with E-state index >= 15 is 0 Å². The van der Waals surface area contributed by atoms with Gasteiger partial charge >= 0.3 is 5.97 Å². The number of hydrogen-bond acceptors (Lipinski definition) is 3. The highest BCUT2D eigenvalue weighted by Gasteiger charge is 2.34. The molecule has 0 bridgehead atoms. The van der Waals surface area contributed by atoms with Gasteiger partial charge in [-0.1, -0.05) is 0 Å². The SMILES string of the molecule is O=C1CC[C@@H](C2CCC(=O)O2)N1. The molecule has 12 heavy (non-hydrogen) atoms. The summed E-state index contributed by atoms with van der Waals surface area (Å²) in [4.78, 5) is 21.6. The molecular formula is C8H11NO3. The van der Waals surface area contributed by atoms with Gasteiger partial charge < -0.3 is 10.1 Å². The van der Waals surface area contributed by atoms with Crippen LogP contribution in [0, 0.1) is 0 Å². The number of ether oxygens (including phenoxy) is 1. The van der Waals surface area contributed by atoms with Crippen LogP contribution in [-0.2, 0) is 14.3 Å². The number of carbonyl (C=O) groups is 2. The monoisotopic (exact) mass is 169 g/mol. The third-order valence-corrected chi connectivity index (χ3v) is 2.39. The van der Waals surface area contributed by atoms with Crippen LogP contribution in [0.3, 0.4) is 0 Å². The highest BCUT2D eigenvalue weighted by atomic mass is 16.5. The van der Waals surface area contributed by atoms with Crippen molar-refractivity contribution in [3.8, 4) is 0 Å². The molecular weight excluding hydrogens is 158 g/mol. The fraction of sp³-hybridized carbons (Fsp3) is 0.750. The second-order valence-corrected chi connectivity index (χ2v) is 3.28. The summed E-state index contributed by atoms with van der Waals surface area (Å²) in [6.45, 7) is 0. The van der Waals surface area contributed by atoms with Crippen LogP contribution in [0.4, 0.5) is 0 Å². The fourth-order valence-electron chi connectivity index (χ4n) is 1.75. The molecule has 66 valence electrons. The maximum Gasteiger partial charge on any atom is 0.306 e. The van der Waals surface area contributed by atoms with Crippen LogP contribution in [-0.4, -0.2) is 24.0 Å². The van der Waals surface area contributed by atoms with Crippen LogP contribution in [0.5, 0.6) is 0 Å². The zero-order chi connectivity index (χ0) is 8.55. The summed E-state index contributed by atoms with van der Waals surface area (Å²) < 4.78 is 5.04. The van der Waals surface area contributed by atoms with Crippen LogP contribution in [0.15, 0.2) is 0 Å². The van der Waals surface area contributed by atoms with Crippen molar-refractivity contribution < 1.29 is 14.3 Å². The summed E-state index contributed by atoms with van der Waals surface area (Å²) in [5.41, 5.74) is 0. The van der Waals surface area contributed by atoms with Gasteiger partial charge in [-0.05, 0) is 12.8 Å². The Hall–Kier alpha value is -1.06. The highest BCUT2D eigenvalue weighted by Crippen LogP contribution is 2.22. The van der Waals surface area contributed by atoms with Gasteiger partial charge in [0, 0.05) is 12.8 Å². The van der Waals surface area contributed by atoms with E-state index < -0.39 is 0 Å². The summed E-state index contributed by atoms with van der Waals surface area (Å²) in [6, 6.07) is 0.0731. The lowest BCUT2D eigenvalue weighted by Crippen LogP contribution is -2.36. The molecule has 1 amide bonds. The molecule has 0 saturated carbocycles. The molecule has 2 fully saturated rings.